The van der Waals surface area contributed by atoms with Gasteiger partial charge in [0.2, 0.25) is 11.0 Å². The second kappa shape index (κ2) is 9.01. The van der Waals surface area contributed by atoms with E-state index in [0.717, 1.165) is 9.47 Å². The van der Waals surface area contributed by atoms with E-state index < -0.39 is 0 Å². The van der Waals surface area contributed by atoms with Gasteiger partial charge in [0.05, 0.1) is 16.9 Å². The first kappa shape index (κ1) is 18.7. The monoisotopic (exact) mass is 387 g/mol. The number of thioether (sulfide) groups is 1. The number of carbonyl (C=O) groups excluding carboxylic acids is 1. The van der Waals surface area contributed by atoms with Gasteiger partial charge in [-0.25, -0.2) is 0 Å². The van der Waals surface area contributed by atoms with E-state index in [2.05, 4.69) is 26.9 Å². The molecule has 1 atom stereocenters. The highest BCUT2D eigenvalue weighted by Gasteiger charge is 2.19. The van der Waals surface area contributed by atoms with Crippen LogP contribution in [0, 0.1) is 11.3 Å². The van der Waals surface area contributed by atoms with Crippen LogP contribution in [0.25, 0.3) is 0 Å². The number of benzene rings is 1. The maximum atomic E-state index is 12.4. The van der Waals surface area contributed by atoms with Crippen LogP contribution in [0.1, 0.15) is 44.6 Å². The number of anilines is 2. The van der Waals surface area contributed by atoms with Crippen LogP contribution in [0.2, 0.25) is 0 Å². The molecule has 136 valence electrons. The number of rotatable bonds is 6. The average Bonchev–Trinajstić information content (AvgIpc) is 3.09. The first-order chi connectivity index (χ1) is 12.6. The molecule has 1 aliphatic carbocycles. The molecule has 0 spiro atoms. The van der Waals surface area contributed by atoms with Gasteiger partial charge in [-0.2, -0.15) is 5.26 Å². The Morgan fingerprint density at radius 1 is 1.35 bits per heavy atom. The molecule has 1 aromatic carbocycles. The van der Waals surface area contributed by atoms with Crippen LogP contribution in [-0.4, -0.2) is 27.4 Å². The SMILES string of the molecule is CC(Sc1nnc(NC2CCCCC2)s1)C(=O)Nc1cccc(C#N)c1. The maximum absolute atomic E-state index is 12.4. The minimum Gasteiger partial charge on any atom is -0.357 e. The molecule has 1 fully saturated rings. The Bertz CT molecular complexity index is 795. The topological polar surface area (TPSA) is 90.7 Å². The molecule has 1 unspecified atom stereocenters. The molecule has 0 saturated heterocycles. The third-order valence-electron chi connectivity index (χ3n) is 4.25. The number of carbonyl (C=O) groups is 1. The van der Waals surface area contributed by atoms with Crippen LogP contribution in [0.5, 0.6) is 0 Å². The number of amides is 1. The molecular weight excluding hydrogens is 366 g/mol. The number of nitriles is 1. The van der Waals surface area contributed by atoms with Crippen molar-refractivity contribution in [2.75, 3.05) is 10.6 Å². The standard InChI is InChI=1S/C18H21N5OS2/c1-12(16(24)20-15-9-5-6-13(10-15)11-19)25-18-23-22-17(26-18)21-14-7-3-2-4-8-14/h5-6,9-10,12,14H,2-4,7-8H2,1H3,(H,20,24)(H,21,22). The van der Waals surface area contributed by atoms with Gasteiger partial charge in [0, 0.05) is 11.7 Å². The highest BCUT2D eigenvalue weighted by atomic mass is 32.2. The van der Waals surface area contributed by atoms with Crippen LogP contribution in [0.3, 0.4) is 0 Å². The fraction of sp³-hybridized carbons (Fsp3) is 0.444. The molecule has 2 aromatic rings. The summed E-state index contributed by atoms with van der Waals surface area (Å²) in [6.07, 6.45) is 6.22. The third-order valence-corrected chi connectivity index (χ3v) is 6.28. The lowest BCUT2D eigenvalue weighted by atomic mass is 9.96. The summed E-state index contributed by atoms with van der Waals surface area (Å²) in [5.74, 6) is -0.123. The van der Waals surface area contributed by atoms with Gasteiger partial charge in [0.1, 0.15) is 0 Å². The van der Waals surface area contributed by atoms with Crippen LogP contribution >= 0.6 is 23.1 Å². The Morgan fingerprint density at radius 2 is 2.15 bits per heavy atom. The molecule has 1 saturated carbocycles. The zero-order valence-electron chi connectivity index (χ0n) is 14.6. The van der Waals surface area contributed by atoms with E-state index in [-0.39, 0.29) is 11.2 Å². The van der Waals surface area contributed by atoms with Crippen molar-refractivity contribution in [3.8, 4) is 6.07 Å². The van der Waals surface area contributed by atoms with E-state index in [1.165, 1.54) is 55.2 Å². The smallest absolute Gasteiger partial charge is 0.237 e. The largest absolute Gasteiger partial charge is 0.357 e. The van der Waals surface area contributed by atoms with Crippen molar-refractivity contribution in [2.45, 2.75) is 54.7 Å². The van der Waals surface area contributed by atoms with E-state index in [9.17, 15) is 4.79 Å². The fourth-order valence-corrected chi connectivity index (χ4v) is 4.83. The van der Waals surface area contributed by atoms with Crippen molar-refractivity contribution in [1.82, 2.24) is 10.2 Å². The minimum absolute atomic E-state index is 0.123. The van der Waals surface area contributed by atoms with Gasteiger partial charge >= 0.3 is 0 Å². The molecule has 1 aromatic heterocycles. The normalized spacial score (nSPS) is 15.8. The van der Waals surface area contributed by atoms with Crippen LogP contribution in [0.15, 0.2) is 28.6 Å². The number of nitrogens with one attached hydrogen (secondary N) is 2. The average molecular weight is 388 g/mol. The van der Waals surface area contributed by atoms with Crippen LogP contribution in [0.4, 0.5) is 10.8 Å². The van der Waals surface area contributed by atoms with Gasteiger partial charge in [-0.1, -0.05) is 48.4 Å². The molecule has 0 aliphatic heterocycles. The molecule has 3 rings (SSSR count). The number of nitrogens with zero attached hydrogens (tertiary/aromatic N) is 3. The Labute approximate surface area is 161 Å². The fourth-order valence-electron chi connectivity index (χ4n) is 2.85. The molecule has 1 heterocycles. The molecule has 0 radical (unpaired) electrons. The maximum Gasteiger partial charge on any atom is 0.237 e. The Hall–Kier alpha value is -2.11. The summed E-state index contributed by atoms with van der Waals surface area (Å²) < 4.78 is 0.775. The van der Waals surface area contributed by atoms with Gasteiger partial charge in [-0.05, 0) is 38.0 Å². The lowest BCUT2D eigenvalue weighted by molar-refractivity contribution is -0.115. The number of hydrogen-bond donors (Lipinski definition) is 2. The molecule has 0 bridgehead atoms. The van der Waals surface area contributed by atoms with Crippen molar-refractivity contribution < 1.29 is 4.79 Å². The summed E-state index contributed by atoms with van der Waals surface area (Å²) in [7, 11) is 0. The van der Waals surface area contributed by atoms with E-state index in [0.29, 0.717) is 17.3 Å². The zero-order valence-corrected chi connectivity index (χ0v) is 16.2. The Balaban J connectivity index is 1.53. The zero-order chi connectivity index (χ0) is 18.4. The summed E-state index contributed by atoms with van der Waals surface area (Å²) >= 11 is 2.88. The van der Waals surface area contributed by atoms with Crippen molar-refractivity contribution >= 4 is 39.8 Å². The lowest BCUT2D eigenvalue weighted by Gasteiger charge is -2.21. The van der Waals surface area contributed by atoms with Crippen LogP contribution in [-0.2, 0) is 4.79 Å². The van der Waals surface area contributed by atoms with E-state index >= 15 is 0 Å². The van der Waals surface area contributed by atoms with Gasteiger partial charge in [0.15, 0.2) is 4.34 Å². The predicted octanol–water partition coefficient (Wildman–Crippen LogP) is 4.27. The van der Waals surface area contributed by atoms with E-state index in [4.69, 9.17) is 5.26 Å². The van der Waals surface area contributed by atoms with Crippen molar-refractivity contribution in [2.24, 2.45) is 0 Å². The molecular formula is C18H21N5OS2. The van der Waals surface area contributed by atoms with Crippen molar-refractivity contribution in [3.63, 3.8) is 0 Å². The van der Waals surface area contributed by atoms with Gasteiger partial charge in [-0.15, -0.1) is 10.2 Å². The minimum atomic E-state index is -0.309. The lowest BCUT2D eigenvalue weighted by Crippen LogP contribution is -2.22. The van der Waals surface area contributed by atoms with Gasteiger partial charge < -0.3 is 10.6 Å². The highest BCUT2D eigenvalue weighted by Crippen LogP contribution is 2.31. The van der Waals surface area contributed by atoms with E-state index in [1.54, 1.807) is 24.3 Å². The predicted molar refractivity (Wildman–Crippen MR) is 106 cm³/mol. The molecule has 8 heteroatoms. The quantitative estimate of drug-likeness (QED) is 0.719. The molecule has 1 amide bonds. The number of hydrogen-bond acceptors (Lipinski definition) is 7. The Kier molecular flexibility index (Phi) is 6.47. The van der Waals surface area contributed by atoms with Crippen molar-refractivity contribution in [1.29, 1.82) is 5.26 Å². The summed E-state index contributed by atoms with van der Waals surface area (Å²) in [4.78, 5) is 12.4. The summed E-state index contributed by atoms with van der Waals surface area (Å²) in [6, 6.07) is 9.44. The summed E-state index contributed by atoms with van der Waals surface area (Å²) in [6.45, 7) is 1.84. The second-order valence-electron chi connectivity index (χ2n) is 6.29. The van der Waals surface area contributed by atoms with Gasteiger partial charge in [-0.3, -0.25) is 4.79 Å². The molecule has 26 heavy (non-hydrogen) atoms. The first-order valence-corrected chi connectivity index (χ1v) is 10.4. The van der Waals surface area contributed by atoms with Crippen molar-refractivity contribution in [3.05, 3.63) is 29.8 Å². The first-order valence-electron chi connectivity index (χ1n) is 8.72. The number of aromatic nitrogens is 2. The third kappa shape index (κ3) is 5.19. The van der Waals surface area contributed by atoms with E-state index in [1.807, 2.05) is 6.92 Å². The highest BCUT2D eigenvalue weighted by molar-refractivity contribution is 8.02. The summed E-state index contributed by atoms with van der Waals surface area (Å²) in [5, 5.41) is 24.1. The molecule has 2 N–H and O–H groups in total. The van der Waals surface area contributed by atoms with Gasteiger partial charge in [0.25, 0.3) is 0 Å². The Morgan fingerprint density at radius 3 is 2.92 bits per heavy atom. The van der Waals surface area contributed by atoms with Crippen LogP contribution < -0.4 is 10.6 Å². The summed E-state index contributed by atoms with van der Waals surface area (Å²) in [5.41, 5.74) is 1.14. The second-order valence-corrected chi connectivity index (χ2v) is 8.86. The molecule has 6 nitrogen and oxygen atoms in total. The molecule has 1 aliphatic rings.